The highest BCUT2D eigenvalue weighted by Gasteiger charge is 2.39. The fourth-order valence-electron chi connectivity index (χ4n) is 4.10. The van der Waals surface area contributed by atoms with Gasteiger partial charge >= 0.3 is 0 Å². The number of Topliss-reactive ketones (excluding diaryl/α,β-unsaturated/α-hetero) is 1. The van der Waals surface area contributed by atoms with E-state index in [1.54, 1.807) is 36.5 Å². The van der Waals surface area contributed by atoms with E-state index in [9.17, 15) is 24.1 Å². The summed E-state index contributed by atoms with van der Waals surface area (Å²) in [5.74, 6) is -2.89. The first-order chi connectivity index (χ1) is 14.6. The molecule has 3 aromatic rings. The van der Waals surface area contributed by atoms with Gasteiger partial charge in [-0.3, -0.25) is 9.78 Å². The topological polar surface area (TPSA) is 77.5 Å². The molecule has 30 heavy (non-hydrogen) atoms. The zero-order chi connectivity index (χ0) is 21.0. The van der Waals surface area contributed by atoms with Gasteiger partial charge in [-0.15, -0.1) is 0 Å². The predicted octanol–water partition coefficient (Wildman–Crippen LogP) is 4.84. The van der Waals surface area contributed by atoms with Gasteiger partial charge in [-0.1, -0.05) is 30.3 Å². The molecule has 0 fully saturated rings. The number of nitrogens with zero attached hydrogens (tertiary/aromatic N) is 3. The van der Waals surface area contributed by atoms with E-state index in [-0.39, 0.29) is 27.8 Å². The van der Waals surface area contributed by atoms with Crippen LogP contribution in [0.1, 0.15) is 27.0 Å². The van der Waals surface area contributed by atoms with E-state index in [0.29, 0.717) is 22.4 Å². The molecule has 0 saturated heterocycles. The normalized spacial score (nSPS) is 15.9. The number of hydrogen-bond donors (Lipinski definition) is 0. The quantitative estimate of drug-likeness (QED) is 0.316. The van der Waals surface area contributed by atoms with Crippen LogP contribution in [-0.2, 0) is 0 Å². The summed E-state index contributed by atoms with van der Waals surface area (Å²) in [6, 6.07) is 16.1. The second kappa shape index (κ2) is 6.30. The van der Waals surface area contributed by atoms with Crippen LogP contribution in [0.4, 0.5) is 8.78 Å². The number of carbonyl (C=O) groups excluding carboxylic acids is 1. The highest BCUT2D eigenvalue weighted by atomic mass is 19.2. The van der Waals surface area contributed by atoms with Gasteiger partial charge in [0, 0.05) is 39.6 Å². The van der Waals surface area contributed by atoms with Crippen molar-refractivity contribution in [2.75, 3.05) is 0 Å². The number of hydrogen-bond acceptors (Lipinski definition) is 4. The van der Waals surface area contributed by atoms with E-state index in [4.69, 9.17) is 0 Å². The molecule has 0 unspecified atom stereocenters. The third-order valence-corrected chi connectivity index (χ3v) is 5.30. The first-order valence-corrected chi connectivity index (χ1v) is 8.95. The lowest BCUT2D eigenvalue weighted by atomic mass is 9.91. The van der Waals surface area contributed by atoms with Gasteiger partial charge in [0.1, 0.15) is 17.7 Å². The van der Waals surface area contributed by atoms with E-state index in [1.807, 2.05) is 18.2 Å². The smallest absolute Gasteiger partial charge is 0.195 e. The van der Waals surface area contributed by atoms with Crippen molar-refractivity contribution in [3.8, 4) is 23.4 Å². The third-order valence-electron chi connectivity index (χ3n) is 5.30. The minimum atomic E-state index is -1.17. The molecule has 0 atom stereocenters. The van der Waals surface area contributed by atoms with Gasteiger partial charge in [0.25, 0.3) is 0 Å². The molecule has 0 N–H and O–H groups in total. The standard InChI is InChI=1S/C24H9F2N3O/c25-18-8-16-17(9-19(18)26)24(30)22(20(16)12(10-27)11-28)21-13-4-1-2-5-14(13)23-15(21)6-3-7-29-23/h1-9H/b22-21-. The minimum absolute atomic E-state index is 0.0143. The zero-order valence-electron chi connectivity index (χ0n) is 15.2. The number of pyridine rings is 1. The summed E-state index contributed by atoms with van der Waals surface area (Å²) in [5, 5.41) is 19.1. The molecule has 0 aliphatic heterocycles. The van der Waals surface area contributed by atoms with Crippen LogP contribution in [0.25, 0.3) is 22.4 Å². The molecule has 6 heteroatoms. The number of allylic oxidation sites excluding steroid dienone is 3. The SMILES string of the molecule is N#CC(C#N)=C1/C(=C2\c3ccccc3-c3ncccc32)C(=O)c2cc(F)c(F)cc21. The number of halogens is 2. The molecular weight excluding hydrogens is 384 g/mol. The Labute approximate surface area is 169 Å². The Morgan fingerprint density at radius 1 is 0.800 bits per heavy atom. The lowest BCUT2D eigenvalue weighted by molar-refractivity contribution is 0.104. The maximum atomic E-state index is 14.0. The Balaban J connectivity index is 1.98. The van der Waals surface area contributed by atoms with E-state index in [0.717, 1.165) is 17.7 Å². The van der Waals surface area contributed by atoms with Crippen LogP contribution in [0.3, 0.4) is 0 Å². The van der Waals surface area contributed by atoms with Crippen LogP contribution in [0, 0.1) is 34.3 Å². The van der Waals surface area contributed by atoms with Crippen LogP contribution in [0.2, 0.25) is 0 Å². The summed E-state index contributed by atoms with van der Waals surface area (Å²) in [6.45, 7) is 0. The van der Waals surface area contributed by atoms with E-state index in [2.05, 4.69) is 4.98 Å². The number of aromatic nitrogens is 1. The fourth-order valence-corrected chi connectivity index (χ4v) is 4.10. The number of rotatable bonds is 0. The fraction of sp³-hybridized carbons (Fsp3) is 0. The number of ketones is 1. The zero-order valence-corrected chi connectivity index (χ0v) is 15.2. The van der Waals surface area contributed by atoms with Crippen molar-refractivity contribution >= 4 is 16.9 Å². The molecule has 0 amide bonds. The van der Waals surface area contributed by atoms with Gasteiger partial charge < -0.3 is 0 Å². The molecule has 0 spiro atoms. The maximum Gasteiger partial charge on any atom is 0.195 e. The number of benzene rings is 2. The second-order valence-electron chi connectivity index (χ2n) is 6.81. The minimum Gasteiger partial charge on any atom is -0.289 e. The molecule has 4 nitrogen and oxygen atoms in total. The molecule has 0 radical (unpaired) electrons. The van der Waals surface area contributed by atoms with Crippen molar-refractivity contribution in [1.29, 1.82) is 10.5 Å². The van der Waals surface area contributed by atoms with Gasteiger partial charge in [-0.25, -0.2) is 8.78 Å². The van der Waals surface area contributed by atoms with Gasteiger partial charge in [0.05, 0.1) is 5.69 Å². The summed E-state index contributed by atoms with van der Waals surface area (Å²) >= 11 is 0. The largest absolute Gasteiger partial charge is 0.289 e. The van der Waals surface area contributed by atoms with Crippen LogP contribution in [0.5, 0.6) is 0 Å². The van der Waals surface area contributed by atoms with Crippen molar-refractivity contribution in [3.63, 3.8) is 0 Å². The number of carbonyl (C=O) groups is 1. The molecular formula is C24H9F2N3O. The van der Waals surface area contributed by atoms with Gasteiger partial charge in [-0.2, -0.15) is 10.5 Å². The Hall–Kier alpha value is -4.42. The highest BCUT2D eigenvalue weighted by molar-refractivity contribution is 6.33. The summed E-state index contributed by atoms with van der Waals surface area (Å²) in [4.78, 5) is 17.8. The maximum absolute atomic E-state index is 14.0. The van der Waals surface area contributed by atoms with Crippen LogP contribution < -0.4 is 0 Å². The molecule has 1 heterocycles. The Bertz CT molecular complexity index is 1390. The number of nitriles is 2. The average molecular weight is 393 g/mol. The Kier molecular flexibility index (Phi) is 3.71. The van der Waals surface area contributed by atoms with Crippen LogP contribution >= 0.6 is 0 Å². The molecule has 2 aliphatic rings. The average Bonchev–Trinajstić information content (AvgIpc) is 3.22. The van der Waals surface area contributed by atoms with Crippen molar-refractivity contribution in [1.82, 2.24) is 4.98 Å². The van der Waals surface area contributed by atoms with Gasteiger partial charge in [0.2, 0.25) is 0 Å². The highest BCUT2D eigenvalue weighted by Crippen LogP contribution is 2.50. The molecule has 2 aliphatic carbocycles. The predicted molar refractivity (Wildman–Crippen MR) is 105 cm³/mol. The third kappa shape index (κ3) is 2.22. The molecule has 140 valence electrons. The van der Waals surface area contributed by atoms with Crippen LogP contribution in [-0.4, -0.2) is 10.8 Å². The monoisotopic (exact) mass is 393 g/mol. The first-order valence-electron chi connectivity index (χ1n) is 8.95. The van der Waals surface area contributed by atoms with Crippen LogP contribution in [0.15, 0.2) is 65.9 Å². The van der Waals surface area contributed by atoms with Gasteiger partial charge in [0.15, 0.2) is 17.4 Å². The number of fused-ring (bicyclic) bond motifs is 4. The first kappa shape index (κ1) is 17.7. The molecule has 5 rings (SSSR count). The van der Waals surface area contributed by atoms with Crippen molar-refractivity contribution in [2.24, 2.45) is 0 Å². The Morgan fingerprint density at radius 2 is 1.43 bits per heavy atom. The lowest BCUT2D eigenvalue weighted by Gasteiger charge is -2.09. The summed E-state index contributed by atoms with van der Waals surface area (Å²) in [7, 11) is 0. The van der Waals surface area contributed by atoms with E-state index < -0.39 is 17.4 Å². The molecule has 0 bridgehead atoms. The summed E-state index contributed by atoms with van der Waals surface area (Å²) < 4.78 is 27.9. The van der Waals surface area contributed by atoms with E-state index >= 15 is 0 Å². The molecule has 2 aromatic carbocycles. The summed E-state index contributed by atoms with van der Waals surface area (Å²) in [5.41, 5.74) is 3.02. The molecule has 0 saturated carbocycles. The van der Waals surface area contributed by atoms with Gasteiger partial charge in [-0.05, 0) is 29.3 Å². The Morgan fingerprint density at radius 3 is 2.13 bits per heavy atom. The van der Waals surface area contributed by atoms with Crippen molar-refractivity contribution in [2.45, 2.75) is 0 Å². The van der Waals surface area contributed by atoms with Crippen molar-refractivity contribution in [3.05, 3.63) is 99.8 Å². The van der Waals surface area contributed by atoms with Crippen molar-refractivity contribution < 1.29 is 13.6 Å². The summed E-state index contributed by atoms with van der Waals surface area (Å²) in [6.07, 6.45) is 1.63. The lowest BCUT2D eigenvalue weighted by Crippen LogP contribution is -2.01. The molecule has 1 aromatic heterocycles. The second-order valence-corrected chi connectivity index (χ2v) is 6.81. The van der Waals surface area contributed by atoms with E-state index in [1.165, 1.54) is 0 Å².